The van der Waals surface area contributed by atoms with Crippen molar-refractivity contribution >= 4 is 21.7 Å². The zero-order chi connectivity index (χ0) is 34.9. The number of hydrogen-bond acceptors (Lipinski definition) is 4. The van der Waals surface area contributed by atoms with E-state index in [9.17, 15) is 0 Å². The molecule has 9 aromatic rings. The van der Waals surface area contributed by atoms with Crippen LogP contribution in [0.3, 0.4) is 0 Å². The number of hydrogen-bond donors (Lipinski definition) is 0. The van der Waals surface area contributed by atoms with Crippen LogP contribution in [0.1, 0.15) is 22.3 Å². The van der Waals surface area contributed by atoms with Crippen molar-refractivity contribution in [2.75, 3.05) is 0 Å². The van der Waals surface area contributed by atoms with E-state index >= 15 is 0 Å². The van der Waals surface area contributed by atoms with Gasteiger partial charge < -0.3 is 9.47 Å². The summed E-state index contributed by atoms with van der Waals surface area (Å²) in [6.45, 7) is 0. The minimum Gasteiger partial charge on any atom is -0.450 e. The number of benzene rings is 8. The molecule has 0 N–H and O–H groups in total. The Kier molecular flexibility index (Phi) is 6.43. The molecule has 0 bridgehead atoms. The second kappa shape index (κ2) is 11.5. The Morgan fingerprint density at radius 2 is 1.02 bits per heavy atom. The molecule has 4 nitrogen and oxygen atoms in total. The van der Waals surface area contributed by atoms with Crippen molar-refractivity contribution in [2.24, 2.45) is 0 Å². The monoisotopic (exact) mass is 678 g/mol. The Morgan fingerprint density at radius 1 is 0.415 bits per heavy atom. The molecule has 0 fully saturated rings. The van der Waals surface area contributed by atoms with Crippen LogP contribution in [-0.4, -0.2) is 9.97 Å². The molecule has 2 aliphatic rings. The Bertz CT molecular complexity index is 2850. The molecule has 53 heavy (non-hydrogen) atoms. The highest BCUT2D eigenvalue weighted by molar-refractivity contribution is 6.12. The number of nitrogens with zero attached hydrogens (tertiary/aromatic N) is 2. The fourth-order valence-electron chi connectivity index (χ4n) is 8.49. The summed E-state index contributed by atoms with van der Waals surface area (Å²) in [6, 6.07) is 63.7. The molecule has 248 valence electrons. The standard InChI is InChI=1S/C49H30N2O2/c1-2-13-32(14-3-1)47-46-36-15-5-4-12-31(36)24-28-41(46)50-48(51-47)33-22-25-34(26-23-33)49(39-18-8-6-16-37(39)38-17-7-9-19-40(38)49)35-27-29-44-45(30-35)53-43-21-11-10-20-42(43)52-44/h1-30H. The molecule has 11 rings (SSSR count). The third kappa shape index (κ3) is 4.42. The van der Waals surface area contributed by atoms with Crippen LogP contribution in [0.2, 0.25) is 0 Å². The second-order valence-corrected chi connectivity index (χ2v) is 13.7. The predicted molar refractivity (Wildman–Crippen MR) is 212 cm³/mol. The normalized spacial score (nSPS) is 13.4. The van der Waals surface area contributed by atoms with Crippen molar-refractivity contribution in [3.05, 3.63) is 204 Å². The lowest BCUT2D eigenvalue weighted by molar-refractivity contribution is 0.359. The van der Waals surface area contributed by atoms with Gasteiger partial charge in [0.1, 0.15) is 0 Å². The summed E-state index contributed by atoms with van der Waals surface area (Å²) < 4.78 is 12.8. The first kappa shape index (κ1) is 29.7. The zero-order valence-corrected chi connectivity index (χ0v) is 28.5. The molecule has 0 saturated carbocycles. The van der Waals surface area contributed by atoms with Gasteiger partial charge in [-0.25, -0.2) is 9.97 Å². The largest absolute Gasteiger partial charge is 0.450 e. The van der Waals surface area contributed by atoms with Crippen molar-refractivity contribution in [2.45, 2.75) is 5.41 Å². The average molecular weight is 679 g/mol. The van der Waals surface area contributed by atoms with E-state index in [0.717, 1.165) is 44.2 Å². The number of ether oxygens (including phenoxy) is 2. The van der Waals surface area contributed by atoms with E-state index in [1.807, 2.05) is 36.4 Å². The Hall–Kier alpha value is -7.04. The Morgan fingerprint density at radius 3 is 1.77 bits per heavy atom. The molecule has 8 aromatic carbocycles. The molecule has 0 radical (unpaired) electrons. The molecule has 0 unspecified atom stereocenters. The minimum absolute atomic E-state index is 0.612. The fourth-order valence-corrected chi connectivity index (χ4v) is 8.49. The third-order valence-electron chi connectivity index (χ3n) is 10.8. The van der Waals surface area contributed by atoms with Crippen molar-refractivity contribution < 1.29 is 9.47 Å². The fraction of sp³-hybridized carbons (Fsp3) is 0.0204. The van der Waals surface area contributed by atoms with Gasteiger partial charge in [0, 0.05) is 16.5 Å². The van der Waals surface area contributed by atoms with Gasteiger partial charge in [0.25, 0.3) is 0 Å². The summed E-state index contributed by atoms with van der Waals surface area (Å²) in [5.74, 6) is 3.52. The van der Waals surface area contributed by atoms with Crippen molar-refractivity contribution in [3.63, 3.8) is 0 Å². The minimum atomic E-state index is -0.612. The molecular formula is C49H30N2O2. The molecule has 0 spiro atoms. The van der Waals surface area contributed by atoms with E-state index in [0.29, 0.717) is 28.8 Å². The first-order chi connectivity index (χ1) is 26.3. The quantitative estimate of drug-likeness (QED) is 0.174. The SMILES string of the molecule is c1ccc(-c2nc(-c3ccc(C4(c5ccc6c(c5)Oc5ccccc5O6)c5ccccc5-c5ccccc54)cc3)nc3ccc4ccccc4c23)cc1. The highest BCUT2D eigenvalue weighted by Crippen LogP contribution is 2.57. The summed E-state index contributed by atoms with van der Waals surface area (Å²) in [5, 5.41) is 3.38. The molecule has 0 saturated heterocycles. The van der Waals surface area contributed by atoms with Gasteiger partial charge in [-0.3, -0.25) is 0 Å². The van der Waals surface area contributed by atoms with Crippen LogP contribution in [-0.2, 0) is 5.41 Å². The van der Waals surface area contributed by atoms with E-state index in [2.05, 4.69) is 146 Å². The van der Waals surface area contributed by atoms with Crippen LogP contribution in [0.5, 0.6) is 23.0 Å². The van der Waals surface area contributed by atoms with Gasteiger partial charge in [0.15, 0.2) is 28.8 Å². The smallest absolute Gasteiger partial charge is 0.170 e. The maximum absolute atomic E-state index is 6.48. The maximum Gasteiger partial charge on any atom is 0.170 e. The number of fused-ring (bicyclic) bond motifs is 8. The summed E-state index contributed by atoms with van der Waals surface area (Å²) >= 11 is 0. The van der Waals surface area contributed by atoms with Crippen molar-refractivity contribution in [3.8, 4) is 56.8 Å². The van der Waals surface area contributed by atoms with Crippen LogP contribution in [0.15, 0.2) is 182 Å². The summed E-state index contributed by atoms with van der Waals surface area (Å²) in [7, 11) is 0. The highest BCUT2D eigenvalue weighted by Gasteiger charge is 2.46. The predicted octanol–water partition coefficient (Wildman–Crippen LogP) is 12.4. The second-order valence-electron chi connectivity index (χ2n) is 13.7. The van der Waals surface area contributed by atoms with Crippen LogP contribution in [0.25, 0.3) is 55.4 Å². The van der Waals surface area contributed by atoms with Gasteiger partial charge in [-0.1, -0.05) is 152 Å². The Labute approximate surface area is 306 Å². The lowest BCUT2D eigenvalue weighted by atomic mass is 9.67. The van der Waals surface area contributed by atoms with E-state index in [1.165, 1.54) is 27.6 Å². The lowest BCUT2D eigenvalue weighted by Gasteiger charge is -2.34. The van der Waals surface area contributed by atoms with Crippen molar-refractivity contribution in [1.29, 1.82) is 0 Å². The number of aromatic nitrogens is 2. The van der Waals surface area contributed by atoms with Crippen LogP contribution in [0.4, 0.5) is 0 Å². The van der Waals surface area contributed by atoms with Gasteiger partial charge in [-0.2, -0.15) is 0 Å². The van der Waals surface area contributed by atoms with Gasteiger partial charge in [-0.15, -0.1) is 0 Å². The highest BCUT2D eigenvalue weighted by atomic mass is 16.6. The van der Waals surface area contributed by atoms with Gasteiger partial charge in [0.2, 0.25) is 0 Å². The van der Waals surface area contributed by atoms with Crippen LogP contribution in [0, 0.1) is 0 Å². The molecule has 2 heterocycles. The Balaban J connectivity index is 1.11. The molecule has 1 aromatic heterocycles. The maximum atomic E-state index is 6.48. The summed E-state index contributed by atoms with van der Waals surface area (Å²) in [5.41, 5.74) is 10.4. The number of rotatable bonds is 4. The van der Waals surface area contributed by atoms with E-state index < -0.39 is 5.41 Å². The van der Waals surface area contributed by atoms with E-state index in [4.69, 9.17) is 19.4 Å². The summed E-state index contributed by atoms with van der Waals surface area (Å²) in [4.78, 5) is 10.5. The molecular weight excluding hydrogens is 649 g/mol. The molecule has 0 atom stereocenters. The molecule has 1 aliphatic heterocycles. The summed E-state index contributed by atoms with van der Waals surface area (Å²) in [6.07, 6.45) is 0. The topological polar surface area (TPSA) is 44.2 Å². The van der Waals surface area contributed by atoms with Gasteiger partial charge in [-0.05, 0) is 74.5 Å². The van der Waals surface area contributed by atoms with Gasteiger partial charge in [0.05, 0.1) is 16.6 Å². The zero-order valence-electron chi connectivity index (χ0n) is 28.5. The first-order valence-corrected chi connectivity index (χ1v) is 17.9. The first-order valence-electron chi connectivity index (χ1n) is 17.9. The van der Waals surface area contributed by atoms with E-state index in [-0.39, 0.29) is 0 Å². The van der Waals surface area contributed by atoms with Gasteiger partial charge >= 0.3 is 0 Å². The lowest BCUT2D eigenvalue weighted by Crippen LogP contribution is -2.28. The molecule has 1 aliphatic carbocycles. The van der Waals surface area contributed by atoms with Crippen molar-refractivity contribution in [1.82, 2.24) is 9.97 Å². The van der Waals surface area contributed by atoms with Crippen LogP contribution < -0.4 is 9.47 Å². The average Bonchev–Trinajstić information content (AvgIpc) is 3.53. The molecule has 0 amide bonds. The number of para-hydroxylation sites is 2. The third-order valence-corrected chi connectivity index (χ3v) is 10.8. The van der Waals surface area contributed by atoms with E-state index in [1.54, 1.807) is 0 Å². The molecule has 4 heteroatoms. The van der Waals surface area contributed by atoms with Crippen LogP contribution >= 0.6 is 0 Å².